The van der Waals surface area contributed by atoms with Crippen LogP contribution in [0, 0.1) is 5.92 Å². The summed E-state index contributed by atoms with van der Waals surface area (Å²) in [6.07, 6.45) is 1.12. The van der Waals surface area contributed by atoms with Crippen molar-refractivity contribution in [2.45, 2.75) is 42.3 Å². The van der Waals surface area contributed by atoms with Crippen molar-refractivity contribution in [3.8, 4) is 5.75 Å². The fourth-order valence-corrected chi connectivity index (χ4v) is 5.45. The van der Waals surface area contributed by atoms with Gasteiger partial charge in [0.1, 0.15) is 17.3 Å². The van der Waals surface area contributed by atoms with Crippen LogP contribution < -0.4 is 10.1 Å². The average molecular weight is 352 g/mol. The van der Waals surface area contributed by atoms with Gasteiger partial charge in [0.25, 0.3) is 0 Å². The summed E-state index contributed by atoms with van der Waals surface area (Å²) in [4.78, 5) is 12.3. The fourth-order valence-electron chi connectivity index (χ4n) is 3.65. The first kappa shape index (κ1) is 15.9. The molecule has 1 saturated heterocycles. The van der Waals surface area contributed by atoms with Crippen LogP contribution in [0.2, 0.25) is 0 Å². The van der Waals surface area contributed by atoms with Crippen molar-refractivity contribution in [2.24, 2.45) is 5.92 Å². The molecule has 1 saturated carbocycles. The van der Waals surface area contributed by atoms with E-state index in [9.17, 15) is 18.3 Å². The van der Waals surface area contributed by atoms with E-state index in [1.807, 2.05) is 0 Å². The highest BCUT2D eigenvalue weighted by molar-refractivity contribution is 7.89. The van der Waals surface area contributed by atoms with Gasteiger partial charge in [-0.2, -0.15) is 4.31 Å². The maximum atomic E-state index is 12.9. The van der Waals surface area contributed by atoms with E-state index in [1.165, 1.54) is 4.31 Å². The minimum atomic E-state index is -3.63. The molecule has 1 aromatic carbocycles. The highest BCUT2D eigenvalue weighted by Gasteiger charge is 2.45. The zero-order valence-electron chi connectivity index (χ0n) is 13.1. The molecule has 1 amide bonds. The van der Waals surface area contributed by atoms with Crippen molar-refractivity contribution in [2.75, 3.05) is 13.2 Å². The normalized spacial score (nSPS) is 34.2. The number of rotatable bonds is 2. The van der Waals surface area contributed by atoms with Crippen LogP contribution in [-0.4, -0.2) is 55.1 Å². The van der Waals surface area contributed by atoms with Gasteiger partial charge < -0.3 is 15.2 Å². The Hall–Kier alpha value is -1.64. The maximum absolute atomic E-state index is 12.9. The molecule has 4 rings (SSSR count). The number of aliphatic hydroxyl groups excluding tert-OH is 1. The number of carbonyl (C=O) groups is 1. The molecule has 3 aliphatic rings. The molecule has 0 radical (unpaired) electrons. The van der Waals surface area contributed by atoms with E-state index >= 15 is 0 Å². The van der Waals surface area contributed by atoms with Gasteiger partial charge in [-0.3, -0.25) is 4.79 Å². The van der Waals surface area contributed by atoms with Crippen LogP contribution in [0.3, 0.4) is 0 Å². The van der Waals surface area contributed by atoms with Gasteiger partial charge in [-0.15, -0.1) is 0 Å². The standard InChI is InChI=1S/C16H20N2O5S/c19-13-5-10(6-13)16(20)17-11-7-12-9-23-14-3-1-2-4-15(14)24(21,22)18(12)8-11/h1-4,10-13,19H,5-9H2,(H,17,20)/t10?,11-,12-,13?/m0/s1. The third kappa shape index (κ3) is 2.58. The van der Waals surface area contributed by atoms with Gasteiger partial charge in [0.15, 0.2) is 0 Å². The van der Waals surface area contributed by atoms with Gasteiger partial charge in [0, 0.05) is 18.5 Å². The number of benzene rings is 1. The summed E-state index contributed by atoms with van der Waals surface area (Å²) < 4.78 is 32.9. The van der Waals surface area contributed by atoms with Crippen molar-refractivity contribution in [1.82, 2.24) is 9.62 Å². The molecule has 0 bridgehead atoms. The second-order valence-corrected chi connectivity index (χ2v) is 8.61. The van der Waals surface area contributed by atoms with Crippen LogP contribution in [0.1, 0.15) is 19.3 Å². The number of hydrogen-bond acceptors (Lipinski definition) is 5. The van der Waals surface area contributed by atoms with Gasteiger partial charge in [0.05, 0.1) is 12.1 Å². The van der Waals surface area contributed by atoms with Crippen molar-refractivity contribution >= 4 is 15.9 Å². The number of sulfonamides is 1. The Labute approximate surface area is 140 Å². The highest BCUT2D eigenvalue weighted by Crippen LogP contribution is 2.35. The number of fused-ring (bicyclic) bond motifs is 2. The second-order valence-electron chi connectivity index (χ2n) is 6.75. The zero-order valence-corrected chi connectivity index (χ0v) is 13.9. The third-order valence-electron chi connectivity index (χ3n) is 5.06. The summed E-state index contributed by atoms with van der Waals surface area (Å²) >= 11 is 0. The molecule has 2 N–H and O–H groups in total. The number of hydrogen-bond donors (Lipinski definition) is 2. The first-order valence-corrected chi connectivity index (χ1v) is 9.61. The summed E-state index contributed by atoms with van der Waals surface area (Å²) in [6, 6.07) is 6.15. The van der Waals surface area contributed by atoms with E-state index in [4.69, 9.17) is 4.74 Å². The molecule has 0 aromatic heterocycles. The number of amides is 1. The second kappa shape index (κ2) is 5.72. The minimum Gasteiger partial charge on any atom is -0.490 e. The molecule has 2 heterocycles. The van der Waals surface area contributed by atoms with E-state index in [2.05, 4.69) is 5.32 Å². The van der Waals surface area contributed by atoms with Crippen molar-refractivity contribution < 1.29 is 23.1 Å². The number of para-hydroxylation sites is 1. The Morgan fingerprint density at radius 1 is 1.25 bits per heavy atom. The number of nitrogens with zero attached hydrogens (tertiary/aromatic N) is 1. The van der Waals surface area contributed by atoms with Gasteiger partial charge >= 0.3 is 0 Å². The first-order chi connectivity index (χ1) is 11.4. The Bertz CT molecular complexity index is 759. The molecule has 130 valence electrons. The van der Waals surface area contributed by atoms with Crippen LogP contribution in [-0.2, 0) is 14.8 Å². The quantitative estimate of drug-likeness (QED) is 0.787. The lowest BCUT2D eigenvalue weighted by Crippen LogP contribution is -2.46. The molecule has 8 heteroatoms. The lowest BCUT2D eigenvalue weighted by Gasteiger charge is -2.31. The molecule has 2 fully saturated rings. The lowest BCUT2D eigenvalue weighted by atomic mass is 9.81. The third-order valence-corrected chi connectivity index (χ3v) is 7.02. The van der Waals surface area contributed by atoms with Crippen LogP contribution in [0.15, 0.2) is 29.2 Å². The van der Waals surface area contributed by atoms with E-state index in [0.29, 0.717) is 25.0 Å². The smallest absolute Gasteiger partial charge is 0.247 e. The number of nitrogens with one attached hydrogen (secondary N) is 1. The Morgan fingerprint density at radius 3 is 2.75 bits per heavy atom. The SMILES string of the molecule is O=C(N[C@H]1C[C@H]2COc3ccccc3S(=O)(=O)N2C1)C1CC(O)C1. The molecule has 2 atom stereocenters. The summed E-state index contributed by atoms with van der Waals surface area (Å²) in [5.74, 6) is 0.131. The van der Waals surface area contributed by atoms with Crippen LogP contribution in [0.5, 0.6) is 5.75 Å². The Balaban J connectivity index is 1.50. The molecule has 7 nitrogen and oxygen atoms in total. The monoisotopic (exact) mass is 352 g/mol. The highest BCUT2D eigenvalue weighted by atomic mass is 32.2. The van der Waals surface area contributed by atoms with Crippen LogP contribution >= 0.6 is 0 Å². The molecule has 24 heavy (non-hydrogen) atoms. The predicted octanol–water partition coefficient (Wildman–Crippen LogP) is 0.0977. The summed E-state index contributed by atoms with van der Waals surface area (Å²) in [6.45, 7) is 0.538. The molecule has 1 aromatic rings. The molecule has 0 spiro atoms. The molecular formula is C16H20N2O5S. The summed E-state index contributed by atoms with van der Waals surface area (Å²) in [7, 11) is -3.63. The van der Waals surface area contributed by atoms with Crippen molar-refractivity contribution in [3.05, 3.63) is 24.3 Å². The molecular weight excluding hydrogens is 332 g/mol. The molecule has 0 unspecified atom stereocenters. The van der Waals surface area contributed by atoms with Gasteiger partial charge in [-0.1, -0.05) is 12.1 Å². The average Bonchev–Trinajstić information content (AvgIpc) is 2.89. The molecule has 2 aliphatic heterocycles. The van der Waals surface area contributed by atoms with E-state index < -0.39 is 10.0 Å². The minimum absolute atomic E-state index is 0.0957. The number of ether oxygens (including phenoxy) is 1. The largest absolute Gasteiger partial charge is 0.490 e. The van der Waals surface area contributed by atoms with Gasteiger partial charge in [0.2, 0.25) is 15.9 Å². The number of aliphatic hydroxyl groups is 1. The summed E-state index contributed by atoms with van der Waals surface area (Å²) in [5, 5.41) is 12.2. The lowest BCUT2D eigenvalue weighted by molar-refractivity contribution is -0.132. The zero-order chi connectivity index (χ0) is 16.9. The van der Waals surface area contributed by atoms with Crippen LogP contribution in [0.4, 0.5) is 0 Å². The van der Waals surface area contributed by atoms with Crippen molar-refractivity contribution in [3.63, 3.8) is 0 Å². The predicted molar refractivity (Wildman–Crippen MR) is 84.9 cm³/mol. The van der Waals surface area contributed by atoms with E-state index in [0.717, 1.165) is 0 Å². The van der Waals surface area contributed by atoms with Crippen molar-refractivity contribution in [1.29, 1.82) is 0 Å². The van der Waals surface area contributed by atoms with Gasteiger partial charge in [-0.05, 0) is 31.4 Å². The Kier molecular flexibility index (Phi) is 3.78. The summed E-state index contributed by atoms with van der Waals surface area (Å²) in [5.41, 5.74) is 0. The Morgan fingerprint density at radius 2 is 2.00 bits per heavy atom. The van der Waals surface area contributed by atoms with Gasteiger partial charge in [-0.25, -0.2) is 8.42 Å². The van der Waals surface area contributed by atoms with Crippen LogP contribution in [0.25, 0.3) is 0 Å². The topological polar surface area (TPSA) is 95.9 Å². The fraction of sp³-hybridized carbons (Fsp3) is 0.562. The number of carbonyl (C=O) groups excluding carboxylic acids is 1. The molecule has 1 aliphatic carbocycles. The first-order valence-electron chi connectivity index (χ1n) is 8.17. The van der Waals surface area contributed by atoms with E-state index in [1.54, 1.807) is 24.3 Å². The maximum Gasteiger partial charge on any atom is 0.247 e. The van der Waals surface area contributed by atoms with E-state index in [-0.39, 0.29) is 48.1 Å².